The van der Waals surface area contributed by atoms with E-state index >= 15 is 0 Å². The maximum absolute atomic E-state index is 11.4. The number of amides is 2. The minimum Gasteiger partial charge on any atom is -0.480 e. The third-order valence-electron chi connectivity index (χ3n) is 2.06. The summed E-state index contributed by atoms with van der Waals surface area (Å²) in [6, 6.07) is 0.591. The van der Waals surface area contributed by atoms with Gasteiger partial charge in [-0.2, -0.15) is 0 Å². The lowest BCUT2D eigenvalue weighted by molar-refractivity contribution is -0.139. The zero-order chi connectivity index (χ0) is 12.8. The molecule has 1 rings (SSSR count). The van der Waals surface area contributed by atoms with Crippen LogP contribution in [0.1, 0.15) is 18.2 Å². The van der Waals surface area contributed by atoms with Gasteiger partial charge in [-0.25, -0.2) is 9.59 Å². The Labute approximate surface area is 111 Å². The summed E-state index contributed by atoms with van der Waals surface area (Å²) in [4.78, 5) is 23.1. The SMILES string of the molecule is CC[C@@H](NC(=O)NCc1cc(Br)cs1)C(=O)O. The van der Waals surface area contributed by atoms with Crippen molar-refractivity contribution in [1.82, 2.24) is 10.6 Å². The molecule has 1 aromatic heterocycles. The molecule has 5 nitrogen and oxygen atoms in total. The Bertz CT molecular complexity index is 408. The molecule has 0 saturated heterocycles. The zero-order valence-corrected chi connectivity index (χ0v) is 11.6. The van der Waals surface area contributed by atoms with Crippen LogP contribution in [0.2, 0.25) is 0 Å². The van der Waals surface area contributed by atoms with E-state index in [9.17, 15) is 9.59 Å². The topological polar surface area (TPSA) is 78.4 Å². The number of carbonyl (C=O) groups excluding carboxylic acids is 1. The van der Waals surface area contributed by atoms with E-state index in [-0.39, 0.29) is 0 Å². The van der Waals surface area contributed by atoms with Gasteiger partial charge in [0, 0.05) is 14.7 Å². The van der Waals surface area contributed by atoms with Crippen molar-refractivity contribution in [3.05, 3.63) is 20.8 Å². The average molecular weight is 321 g/mol. The van der Waals surface area contributed by atoms with Crippen molar-refractivity contribution in [3.8, 4) is 0 Å². The first kappa shape index (κ1) is 14.0. The summed E-state index contributed by atoms with van der Waals surface area (Å²) in [5.74, 6) is -1.03. The Morgan fingerprint density at radius 1 is 1.59 bits per heavy atom. The van der Waals surface area contributed by atoms with Gasteiger partial charge in [-0.15, -0.1) is 11.3 Å². The fraction of sp³-hybridized carbons (Fsp3) is 0.400. The number of aliphatic carboxylic acids is 1. The quantitative estimate of drug-likeness (QED) is 0.778. The summed E-state index contributed by atoms with van der Waals surface area (Å²) in [7, 11) is 0. The fourth-order valence-electron chi connectivity index (χ4n) is 1.16. The highest BCUT2D eigenvalue weighted by molar-refractivity contribution is 9.10. The van der Waals surface area contributed by atoms with Crippen LogP contribution in [0.4, 0.5) is 4.79 Å². The van der Waals surface area contributed by atoms with E-state index in [4.69, 9.17) is 5.11 Å². The molecule has 0 unspecified atom stereocenters. The number of carboxylic acid groups (broad SMARTS) is 1. The molecule has 0 bridgehead atoms. The molecule has 0 aliphatic rings. The van der Waals surface area contributed by atoms with Gasteiger partial charge in [0.25, 0.3) is 0 Å². The monoisotopic (exact) mass is 320 g/mol. The summed E-state index contributed by atoms with van der Waals surface area (Å²) in [5.41, 5.74) is 0. The number of urea groups is 1. The molecule has 94 valence electrons. The average Bonchev–Trinajstić information content (AvgIpc) is 2.68. The molecule has 2 amide bonds. The molecule has 0 fully saturated rings. The molecule has 17 heavy (non-hydrogen) atoms. The second kappa shape index (κ2) is 6.61. The van der Waals surface area contributed by atoms with Crippen LogP contribution in [0, 0.1) is 0 Å². The van der Waals surface area contributed by atoms with Crippen LogP contribution >= 0.6 is 27.3 Å². The van der Waals surface area contributed by atoms with E-state index in [0.29, 0.717) is 13.0 Å². The molecule has 0 aliphatic heterocycles. The fourth-order valence-corrected chi connectivity index (χ4v) is 2.55. The third-order valence-corrected chi connectivity index (χ3v) is 3.75. The maximum Gasteiger partial charge on any atom is 0.326 e. The van der Waals surface area contributed by atoms with Crippen molar-refractivity contribution in [2.24, 2.45) is 0 Å². The van der Waals surface area contributed by atoms with Crippen molar-refractivity contribution < 1.29 is 14.7 Å². The van der Waals surface area contributed by atoms with Crippen molar-refractivity contribution in [2.45, 2.75) is 25.9 Å². The van der Waals surface area contributed by atoms with E-state index in [2.05, 4.69) is 26.6 Å². The van der Waals surface area contributed by atoms with Gasteiger partial charge in [-0.05, 0) is 28.4 Å². The first-order valence-electron chi connectivity index (χ1n) is 5.03. The van der Waals surface area contributed by atoms with Crippen LogP contribution in [0.15, 0.2) is 15.9 Å². The van der Waals surface area contributed by atoms with Crippen LogP contribution in [0.5, 0.6) is 0 Å². The van der Waals surface area contributed by atoms with E-state index in [1.54, 1.807) is 6.92 Å². The highest BCUT2D eigenvalue weighted by Crippen LogP contribution is 2.19. The summed E-state index contributed by atoms with van der Waals surface area (Å²) >= 11 is 4.83. The number of thiophene rings is 1. The zero-order valence-electron chi connectivity index (χ0n) is 9.20. The number of hydrogen-bond acceptors (Lipinski definition) is 3. The summed E-state index contributed by atoms with van der Waals surface area (Å²) in [6.45, 7) is 2.09. The predicted octanol–water partition coefficient (Wildman–Crippen LogP) is 2.17. The molecular formula is C10H13BrN2O3S. The van der Waals surface area contributed by atoms with Crippen LogP contribution in [0.3, 0.4) is 0 Å². The lowest BCUT2D eigenvalue weighted by atomic mass is 10.2. The molecule has 1 atom stereocenters. The summed E-state index contributed by atoms with van der Waals surface area (Å²) in [6.07, 6.45) is 0.354. The number of carbonyl (C=O) groups is 2. The third kappa shape index (κ3) is 4.74. The van der Waals surface area contributed by atoms with E-state index < -0.39 is 18.0 Å². The van der Waals surface area contributed by atoms with Crippen LogP contribution in [0.25, 0.3) is 0 Å². The minimum atomic E-state index is -1.03. The molecular weight excluding hydrogens is 308 g/mol. The van der Waals surface area contributed by atoms with Gasteiger partial charge in [0.1, 0.15) is 6.04 Å². The van der Waals surface area contributed by atoms with Gasteiger partial charge in [-0.1, -0.05) is 6.92 Å². The maximum atomic E-state index is 11.4. The highest BCUT2D eigenvalue weighted by Gasteiger charge is 2.16. The lowest BCUT2D eigenvalue weighted by Crippen LogP contribution is -2.45. The first-order valence-corrected chi connectivity index (χ1v) is 6.70. The van der Waals surface area contributed by atoms with Crippen LogP contribution in [-0.4, -0.2) is 23.1 Å². The predicted molar refractivity (Wildman–Crippen MR) is 69.1 cm³/mol. The Kier molecular flexibility index (Phi) is 5.43. The van der Waals surface area contributed by atoms with Crippen molar-refractivity contribution in [2.75, 3.05) is 0 Å². The molecule has 0 spiro atoms. The van der Waals surface area contributed by atoms with E-state index in [1.165, 1.54) is 11.3 Å². The standard InChI is InChI=1S/C10H13BrN2O3S/c1-2-8(9(14)15)13-10(16)12-4-7-3-6(11)5-17-7/h3,5,8H,2,4H2,1H3,(H,14,15)(H2,12,13,16)/t8-/m1/s1. The van der Waals surface area contributed by atoms with Crippen molar-refractivity contribution in [3.63, 3.8) is 0 Å². The molecule has 1 aromatic rings. The number of nitrogens with one attached hydrogen (secondary N) is 2. The molecule has 0 aromatic carbocycles. The molecule has 3 N–H and O–H groups in total. The van der Waals surface area contributed by atoms with Gasteiger partial charge in [0.15, 0.2) is 0 Å². The van der Waals surface area contributed by atoms with E-state index in [0.717, 1.165) is 9.35 Å². The molecule has 0 aliphatic carbocycles. The highest BCUT2D eigenvalue weighted by atomic mass is 79.9. The second-order valence-electron chi connectivity index (χ2n) is 3.36. The van der Waals surface area contributed by atoms with Crippen LogP contribution in [-0.2, 0) is 11.3 Å². The Morgan fingerprint density at radius 2 is 2.29 bits per heavy atom. The molecule has 1 heterocycles. The number of halogens is 1. The normalized spacial score (nSPS) is 11.9. The number of rotatable bonds is 5. The van der Waals surface area contributed by atoms with Gasteiger partial charge in [0.05, 0.1) is 6.54 Å². The van der Waals surface area contributed by atoms with Crippen molar-refractivity contribution in [1.29, 1.82) is 0 Å². The Balaban J connectivity index is 2.37. The number of carboxylic acids is 1. The van der Waals surface area contributed by atoms with Gasteiger partial charge in [0.2, 0.25) is 0 Å². The molecule has 0 saturated carbocycles. The summed E-state index contributed by atoms with van der Waals surface area (Å²) < 4.78 is 0.969. The van der Waals surface area contributed by atoms with Crippen molar-refractivity contribution >= 4 is 39.3 Å². The Hall–Kier alpha value is -1.08. The van der Waals surface area contributed by atoms with E-state index in [1.807, 2.05) is 11.4 Å². The number of hydrogen-bond donors (Lipinski definition) is 3. The first-order chi connectivity index (χ1) is 8.02. The Morgan fingerprint density at radius 3 is 2.76 bits per heavy atom. The minimum absolute atomic E-state index is 0.354. The van der Waals surface area contributed by atoms with Gasteiger partial charge < -0.3 is 15.7 Å². The lowest BCUT2D eigenvalue weighted by Gasteiger charge is -2.12. The molecule has 7 heteroatoms. The second-order valence-corrected chi connectivity index (χ2v) is 5.27. The molecule has 0 radical (unpaired) electrons. The van der Waals surface area contributed by atoms with Crippen LogP contribution < -0.4 is 10.6 Å². The largest absolute Gasteiger partial charge is 0.480 e. The van der Waals surface area contributed by atoms with Gasteiger partial charge >= 0.3 is 12.0 Å². The smallest absolute Gasteiger partial charge is 0.326 e. The van der Waals surface area contributed by atoms with Gasteiger partial charge in [-0.3, -0.25) is 0 Å². The summed E-state index contributed by atoms with van der Waals surface area (Å²) in [5, 5.41) is 15.7.